The van der Waals surface area contributed by atoms with Crippen LogP contribution in [-0.4, -0.2) is 50.7 Å². The van der Waals surface area contributed by atoms with Gasteiger partial charge in [-0.25, -0.2) is 19.2 Å². The summed E-state index contributed by atoms with van der Waals surface area (Å²) in [5, 5.41) is 0. The van der Waals surface area contributed by atoms with E-state index in [1.165, 1.54) is 12.2 Å². The number of rotatable bonds is 19. The lowest BCUT2D eigenvalue weighted by molar-refractivity contribution is -0.146. The first-order chi connectivity index (χ1) is 26.0. The first-order valence-electron chi connectivity index (χ1n) is 17.0. The van der Waals surface area contributed by atoms with Crippen LogP contribution in [0.2, 0.25) is 0 Å². The zero-order valence-electron chi connectivity index (χ0n) is 30.3. The van der Waals surface area contributed by atoms with Gasteiger partial charge >= 0.3 is 23.9 Å². The molecule has 0 N–H and O–H groups in total. The molecule has 0 fully saturated rings. The molecule has 0 atom stereocenters. The molecule has 0 saturated carbocycles. The Labute approximate surface area is 314 Å². The van der Waals surface area contributed by atoms with Gasteiger partial charge in [0, 0.05) is 36.1 Å². The lowest BCUT2D eigenvalue weighted by Gasteiger charge is -2.07. The topological polar surface area (TPSA) is 124 Å². The molecule has 4 rings (SSSR count). The van der Waals surface area contributed by atoms with Crippen molar-refractivity contribution in [3.05, 3.63) is 156 Å². The fourth-order valence-corrected chi connectivity index (χ4v) is 4.59. The minimum atomic E-state index is -0.522. The van der Waals surface area contributed by atoms with Crippen molar-refractivity contribution in [3.63, 3.8) is 0 Å². The summed E-state index contributed by atoms with van der Waals surface area (Å²) in [7, 11) is 0. The van der Waals surface area contributed by atoms with Crippen LogP contribution < -0.4 is 9.47 Å². The molecule has 0 radical (unpaired) electrons. The van der Waals surface area contributed by atoms with E-state index in [4.69, 9.17) is 28.4 Å². The van der Waals surface area contributed by atoms with E-state index >= 15 is 0 Å². The Morgan fingerprint density at radius 3 is 1.19 bits per heavy atom. The SMILES string of the molecule is C=C(C)C(=O)OCOc1ccc(/C=C/C(=O)OCCc2ccc(-c3ccc(CCOC(=O)/C=C/c4ccc(OCOC(=O)C(=C)C)cc4)cc3)cc2)cc1. The highest BCUT2D eigenvalue weighted by Crippen LogP contribution is 2.21. The maximum atomic E-state index is 12.2. The molecular formula is C44H42O10. The van der Waals surface area contributed by atoms with E-state index in [0.29, 0.717) is 35.5 Å². The standard InChI is InChI=1S/C44H42O10/c1-31(2)43(47)53-29-51-39-19-9-33(10-20-39)13-23-41(45)49-27-25-35-5-15-37(16-6-35)38-17-7-36(8-18-38)26-28-50-42(46)24-14-34-11-21-40(22-12-34)52-30-54-44(48)32(3)4/h5-24H,1,3,25-30H2,2,4H3/b23-13+,24-14+. The summed E-state index contributed by atoms with van der Waals surface area (Å²) in [6.07, 6.45) is 7.19. The van der Waals surface area contributed by atoms with Gasteiger partial charge in [-0.2, -0.15) is 0 Å². The molecule has 0 amide bonds. The highest BCUT2D eigenvalue weighted by Gasteiger charge is 2.06. The van der Waals surface area contributed by atoms with Crippen LogP contribution in [0.25, 0.3) is 23.3 Å². The summed E-state index contributed by atoms with van der Waals surface area (Å²) >= 11 is 0. The quantitative estimate of drug-likeness (QED) is 0.0408. The largest absolute Gasteiger partial charge is 0.462 e. The van der Waals surface area contributed by atoms with Crippen LogP contribution in [-0.2, 0) is 51.0 Å². The first kappa shape index (κ1) is 40.1. The molecule has 0 unspecified atom stereocenters. The van der Waals surface area contributed by atoms with Crippen molar-refractivity contribution in [2.45, 2.75) is 26.7 Å². The molecule has 0 saturated heterocycles. The fourth-order valence-electron chi connectivity index (χ4n) is 4.59. The second kappa shape index (κ2) is 21.0. The van der Waals surface area contributed by atoms with Gasteiger partial charge in [0.05, 0.1) is 13.2 Å². The van der Waals surface area contributed by atoms with Crippen molar-refractivity contribution in [1.82, 2.24) is 0 Å². The normalized spacial score (nSPS) is 10.8. The Hall–Kier alpha value is -6.68. The summed E-state index contributed by atoms with van der Waals surface area (Å²) < 4.78 is 31.3. The molecule has 0 aliphatic heterocycles. The Bertz CT molecular complexity index is 1810. The lowest BCUT2D eigenvalue weighted by atomic mass is 10.0. The molecular weight excluding hydrogens is 688 g/mol. The molecule has 0 aromatic heterocycles. The van der Waals surface area contributed by atoms with Gasteiger partial charge in [-0.1, -0.05) is 86.0 Å². The maximum Gasteiger partial charge on any atom is 0.335 e. The highest BCUT2D eigenvalue weighted by molar-refractivity contribution is 5.88. The zero-order valence-corrected chi connectivity index (χ0v) is 30.3. The van der Waals surface area contributed by atoms with E-state index in [1.807, 2.05) is 48.5 Å². The van der Waals surface area contributed by atoms with Gasteiger partial charge in [0.15, 0.2) is 0 Å². The number of carbonyl (C=O) groups excluding carboxylic acids is 4. The first-order valence-corrected chi connectivity index (χ1v) is 17.0. The molecule has 0 aliphatic rings. The molecule has 10 nitrogen and oxygen atoms in total. The van der Waals surface area contributed by atoms with Gasteiger partial charge in [0.1, 0.15) is 11.5 Å². The van der Waals surface area contributed by atoms with E-state index in [1.54, 1.807) is 74.5 Å². The summed E-state index contributed by atoms with van der Waals surface area (Å²) in [6.45, 7) is 10.2. The van der Waals surface area contributed by atoms with Crippen molar-refractivity contribution in [2.24, 2.45) is 0 Å². The molecule has 0 bridgehead atoms. The Kier molecular flexibility index (Phi) is 15.6. The van der Waals surface area contributed by atoms with Gasteiger partial charge in [0.25, 0.3) is 0 Å². The van der Waals surface area contributed by atoms with E-state index in [0.717, 1.165) is 33.4 Å². The number of carbonyl (C=O) groups is 4. The van der Waals surface area contributed by atoms with Crippen LogP contribution in [0.1, 0.15) is 36.1 Å². The van der Waals surface area contributed by atoms with Crippen molar-refractivity contribution in [2.75, 3.05) is 26.8 Å². The van der Waals surface area contributed by atoms with Crippen LogP contribution in [0.5, 0.6) is 11.5 Å². The molecule has 10 heteroatoms. The van der Waals surface area contributed by atoms with Crippen LogP contribution in [0, 0.1) is 0 Å². The average Bonchev–Trinajstić information content (AvgIpc) is 3.17. The van der Waals surface area contributed by atoms with Crippen LogP contribution in [0.15, 0.2) is 134 Å². The monoisotopic (exact) mass is 730 g/mol. The van der Waals surface area contributed by atoms with Gasteiger partial charge in [-0.3, -0.25) is 0 Å². The lowest BCUT2D eigenvalue weighted by Crippen LogP contribution is -2.10. The number of ether oxygens (including phenoxy) is 6. The zero-order chi connectivity index (χ0) is 38.7. The third-order valence-corrected chi connectivity index (χ3v) is 7.62. The number of hydrogen-bond acceptors (Lipinski definition) is 10. The average molecular weight is 731 g/mol. The van der Waals surface area contributed by atoms with Crippen molar-refractivity contribution in [1.29, 1.82) is 0 Å². The van der Waals surface area contributed by atoms with Crippen LogP contribution in [0.3, 0.4) is 0 Å². The smallest absolute Gasteiger partial charge is 0.335 e. The summed E-state index contributed by atoms with van der Waals surface area (Å²) in [5.41, 5.74) is 6.34. The number of esters is 4. The minimum Gasteiger partial charge on any atom is -0.462 e. The van der Waals surface area contributed by atoms with Gasteiger partial charge in [-0.05, 0) is 83.6 Å². The maximum absolute atomic E-state index is 12.2. The van der Waals surface area contributed by atoms with Gasteiger partial charge < -0.3 is 28.4 Å². The number of hydrogen-bond donors (Lipinski definition) is 0. The molecule has 0 aliphatic carbocycles. The van der Waals surface area contributed by atoms with Crippen LogP contribution >= 0.6 is 0 Å². The van der Waals surface area contributed by atoms with Gasteiger partial charge in [-0.15, -0.1) is 0 Å². The molecule has 4 aromatic carbocycles. The summed E-state index contributed by atoms with van der Waals surface area (Å²) in [4.78, 5) is 47.2. The van der Waals surface area contributed by atoms with E-state index in [-0.39, 0.29) is 26.8 Å². The van der Waals surface area contributed by atoms with Crippen molar-refractivity contribution in [3.8, 4) is 22.6 Å². The Morgan fingerprint density at radius 2 is 0.852 bits per heavy atom. The molecule has 54 heavy (non-hydrogen) atoms. The van der Waals surface area contributed by atoms with E-state index in [2.05, 4.69) is 13.2 Å². The van der Waals surface area contributed by atoms with Crippen molar-refractivity contribution >= 4 is 36.0 Å². The summed E-state index contributed by atoms with van der Waals surface area (Å²) in [6, 6.07) is 30.0. The molecule has 0 heterocycles. The fraction of sp³-hybridized carbons (Fsp3) is 0.182. The third kappa shape index (κ3) is 14.1. The van der Waals surface area contributed by atoms with E-state index in [9.17, 15) is 19.2 Å². The summed E-state index contributed by atoms with van der Waals surface area (Å²) in [5.74, 6) is -0.894. The molecule has 4 aromatic rings. The van der Waals surface area contributed by atoms with Crippen LogP contribution in [0.4, 0.5) is 0 Å². The number of benzene rings is 4. The Balaban J connectivity index is 1.11. The highest BCUT2D eigenvalue weighted by atomic mass is 16.7. The predicted molar refractivity (Wildman–Crippen MR) is 205 cm³/mol. The molecule has 0 spiro atoms. The minimum absolute atomic E-state index is 0.219. The second-order valence-electron chi connectivity index (χ2n) is 12.0. The predicted octanol–water partition coefficient (Wildman–Crippen LogP) is 7.86. The van der Waals surface area contributed by atoms with E-state index < -0.39 is 23.9 Å². The molecule has 278 valence electrons. The third-order valence-electron chi connectivity index (χ3n) is 7.62. The second-order valence-corrected chi connectivity index (χ2v) is 12.0. The van der Waals surface area contributed by atoms with Crippen molar-refractivity contribution < 1.29 is 47.6 Å². The Morgan fingerprint density at radius 1 is 0.500 bits per heavy atom. The van der Waals surface area contributed by atoms with Gasteiger partial charge in [0.2, 0.25) is 13.6 Å².